The number of hydrogen-bond donors (Lipinski definition) is 1. The van der Waals surface area contributed by atoms with Gasteiger partial charge >= 0.3 is 0 Å². The second-order valence-electron chi connectivity index (χ2n) is 3.33. The van der Waals surface area contributed by atoms with Gasteiger partial charge in [-0.1, -0.05) is 6.92 Å². The van der Waals surface area contributed by atoms with E-state index in [1.165, 1.54) is 12.1 Å². The summed E-state index contributed by atoms with van der Waals surface area (Å²) in [4.78, 5) is 10.0. The van der Waals surface area contributed by atoms with Crippen LogP contribution in [-0.2, 0) is 11.3 Å². The SMILES string of the molecule is CCNCCOCc1ccc([N+](=O)[O-])cc1. The first kappa shape index (κ1) is 12.6. The first-order valence-corrected chi connectivity index (χ1v) is 5.26. The molecule has 0 aliphatic rings. The lowest BCUT2D eigenvalue weighted by molar-refractivity contribution is -0.384. The van der Waals surface area contributed by atoms with E-state index in [0.29, 0.717) is 13.2 Å². The molecule has 1 aromatic rings. The van der Waals surface area contributed by atoms with Crippen LogP contribution < -0.4 is 5.32 Å². The Morgan fingerprint density at radius 1 is 1.38 bits per heavy atom. The van der Waals surface area contributed by atoms with Crippen LogP contribution in [-0.4, -0.2) is 24.6 Å². The summed E-state index contributed by atoms with van der Waals surface area (Å²) in [6, 6.07) is 6.41. The highest BCUT2D eigenvalue weighted by Crippen LogP contribution is 2.12. The molecule has 16 heavy (non-hydrogen) atoms. The van der Waals surface area contributed by atoms with E-state index >= 15 is 0 Å². The molecule has 0 amide bonds. The molecule has 88 valence electrons. The van der Waals surface area contributed by atoms with Gasteiger partial charge in [-0.2, -0.15) is 0 Å². The highest BCUT2D eigenvalue weighted by Gasteiger charge is 2.03. The molecule has 1 rings (SSSR count). The first-order valence-electron chi connectivity index (χ1n) is 5.26. The van der Waals surface area contributed by atoms with Gasteiger partial charge in [0.15, 0.2) is 0 Å². The fourth-order valence-electron chi connectivity index (χ4n) is 1.23. The minimum atomic E-state index is -0.407. The number of likely N-dealkylation sites (N-methyl/N-ethyl adjacent to an activating group) is 1. The van der Waals surface area contributed by atoms with E-state index in [4.69, 9.17) is 4.74 Å². The highest BCUT2D eigenvalue weighted by molar-refractivity contribution is 5.32. The van der Waals surface area contributed by atoms with Crippen LogP contribution >= 0.6 is 0 Å². The lowest BCUT2D eigenvalue weighted by Crippen LogP contribution is -2.18. The van der Waals surface area contributed by atoms with Gasteiger partial charge in [0.1, 0.15) is 0 Å². The van der Waals surface area contributed by atoms with Crippen molar-refractivity contribution in [3.8, 4) is 0 Å². The lowest BCUT2D eigenvalue weighted by atomic mass is 10.2. The molecule has 0 radical (unpaired) electrons. The number of nitrogens with one attached hydrogen (secondary N) is 1. The summed E-state index contributed by atoms with van der Waals surface area (Å²) in [7, 11) is 0. The molecule has 5 heteroatoms. The number of rotatable bonds is 7. The lowest BCUT2D eigenvalue weighted by Gasteiger charge is -2.04. The number of hydrogen-bond acceptors (Lipinski definition) is 4. The predicted octanol–water partition coefficient (Wildman–Crippen LogP) is 1.72. The van der Waals surface area contributed by atoms with Crippen molar-refractivity contribution in [2.24, 2.45) is 0 Å². The zero-order valence-corrected chi connectivity index (χ0v) is 9.31. The molecule has 0 saturated carbocycles. The van der Waals surface area contributed by atoms with Crippen LogP contribution in [0.3, 0.4) is 0 Å². The minimum Gasteiger partial charge on any atom is -0.375 e. The van der Waals surface area contributed by atoms with Gasteiger partial charge < -0.3 is 10.1 Å². The smallest absolute Gasteiger partial charge is 0.269 e. The second kappa shape index (κ2) is 6.92. The van der Waals surface area contributed by atoms with Gasteiger partial charge in [0.2, 0.25) is 0 Å². The molecule has 5 nitrogen and oxygen atoms in total. The van der Waals surface area contributed by atoms with E-state index in [-0.39, 0.29) is 5.69 Å². The molecule has 0 aliphatic heterocycles. The normalized spacial score (nSPS) is 10.3. The number of nitro groups is 1. The van der Waals surface area contributed by atoms with E-state index in [1.807, 2.05) is 6.92 Å². The van der Waals surface area contributed by atoms with E-state index in [1.54, 1.807) is 12.1 Å². The van der Waals surface area contributed by atoms with Crippen molar-refractivity contribution in [2.75, 3.05) is 19.7 Å². The molecule has 0 atom stereocenters. The average Bonchev–Trinajstić information content (AvgIpc) is 2.29. The Morgan fingerprint density at radius 2 is 2.06 bits per heavy atom. The summed E-state index contributed by atoms with van der Waals surface area (Å²) in [5.41, 5.74) is 1.05. The summed E-state index contributed by atoms with van der Waals surface area (Å²) in [6.07, 6.45) is 0. The van der Waals surface area contributed by atoms with Gasteiger partial charge in [0.05, 0.1) is 18.1 Å². The molecule has 0 aliphatic carbocycles. The Morgan fingerprint density at radius 3 is 2.62 bits per heavy atom. The maximum Gasteiger partial charge on any atom is 0.269 e. The molecule has 0 saturated heterocycles. The molecular formula is C11H16N2O3. The van der Waals surface area contributed by atoms with E-state index in [0.717, 1.165) is 18.7 Å². The molecule has 0 unspecified atom stereocenters. The Hall–Kier alpha value is -1.46. The largest absolute Gasteiger partial charge is 0.375 e. The molecule has 0 fully saturated rings. The fraction of sp³-hybridized carbons (Fsp3) is 0.455. The van der Waals surface area contributed by atoms with E-state index < -0.39 is 4.92 Å². The fourth-order valence-corrected chi connectivity index (χ4v) is 1.23. The van der Waals surface area contributed by atoms with E-state index in [9.17, 15) is 10.1 Å². The van der Waals surface area contributed by atoms with Gasteiger partial charge in [-0.25, -0.2) is 0 Å². The quantitative estimate of drug-likeness (QED) is 0.435. The van der Waals surface area contributed by atoms with Crippen LogP contribution in [0.1, 0.15) is 12.5 Å². The van der Waals surface area contributed by atoms with Crippen LogP contribution in [0.25, 0.3) is 0 Å². The first-order chi connectivity index (χ1) is 7.74. The molecule has 1 aromatic carbocycles. The maximum absolute atomic E-state index is 10.4. The molecule has 0 spiro atoms. The zero-order chi connectivity index (χ0) is 11.8. The van der Waals surface area contributed by atoms with Gasteiger partial charge in [-0.15, -0.1) is 0 Å². The number of nitro benzene ring substituents is 1. The third-order valence-electron chi connectivity index (χ3n) is 2.09. The van der Waals surface area contributed by atoms with Gasteiger partial charge in [0, 0.05) is 18.7 Å². The highest BCUT2D eigenvalue weighted by atomic mass is 16.6. The zero-order valence-electron chi connectivity index (χ0n) is 9.31. The number of nitrogens with zero attached hydrogens (tertiary/aromatic N) is 1. The van der Waals surface area contributed by atoms with Crippen LogP contribution in [0.15, 0.2) is 24.3 Å². The van der Waals surface area contributed by atoms with Gasteiger partial charge in [0.25, 0.3) is 5.69 Å². The molecule has 0 aromatic heterocycles. The topological polar surface area (TPSA) is 64.4 Å². The Kier molecular flexibility index (Phi) is 5.45. The minimum absolute atomic E-state index is 0.108. The third-order valence-corrected chi connectivity index (χ3v) is 2.09. The van der Waals surface area contributed by atoms with Crippen molar-refractivity contribution in [3.63, 3.8) is 0 Å². The maximum atomic E-state index is 10.4. The summed E-state index contributed by atoms with van der Waals surface area (Å²) in [6.45, 7) is 4.93. The molecular weight excluding hydrogens is 208 g/mol. The van der Waals surface area contributed by atoms with Crippen molar-refractivity contribution in [1.29, 1.82) is 0 Å². The summed E-state index contributed by atoms with van der Waals surface area (Å²) in [5.74, 6) is 0. The van der Waals surface area contributed by atoms with E-state index in [2.05, 4.69) is 5.32 Å². The van der Waals surface area contributed by atoms with Gasteiger partial charge in [-0.3, -0.25) is 10.1 Å². The molecule has 1 N–H and O–H groups in total. The van der Waals surface area contributed by atoms with Crippen LogP contribution in [0.5, 0.6) is 0 Å². The standard InChI is InChI=1S/C11H16N2O3/c1-2-12-7-8-16-9-10-3-5-11(6-4-10)13(14)15/h3-6,12H,2,7-9H2,1H3. The van der Waals surface area contributed by atoms with Crippen LogP contribution in [0, 0.1) is 10.1 Å². The number of non-ortho nitro benzene ring substituents is 1. The average molecular weight is 224 g/mol. The number of ether oxygens (including phenoxy) is 1. The summed E-state index contributed by atoms with van der Waals surface area (Å²) < 4.78 is 5.39. The monoisotopic (exact) mass is 224 g/mol. The van der Waals surface area contributed by atoms with Gasteiger partial charge in [-0.05, 0) is 24.2 Å². The molecule has 0 heterocycles. The Bertz CT molecular complexity index is 325. The van der Waals surface area contributed by atoms with Crippen LogP contribution in [0.2, 0.25) is 0 Å². The number of benzene rings is 1. The third kappa shape index (κ3) is 4.37. The Labute approximate surface area is 94.6 Å². The Balaban J connectivity index is 2.29. The summed E-state index contributed by atoms with van der Waals surface area (Å²) in [5, 5.41) is 13.6. The van der Waals surface area contributed by atoms with Crippen molar-refractivity contribution in [1.82, 2.24) is 5.32 Å². The van der Waals surface area contributed by atoms with Crippen molar-refractivity contribution < 1.29 is 9.66 Å². The second-order valence-corrected chi connectivity index (χ2v) is 3.33. The van der Waals surface area contributed by atoms with Crippen molar-refractivity contribution in [2.45, 2.75) is 13.5 Å². The molecule has 0 bridgehead atoms. The summed E-state index contributed by atoms with van der Waals surface area (Å²) >= 11 is 0. The van der Waals surface area contributed by atoms with Crippen molar-refractivity contribution >= 4 is 5.69 Å². The predicted molar refractivity (Wildman–Crippen MR) is 61.3 cm³/mol. The van der Waals surface area contributed by atoms with Crippen molar-refractivity contribution in [3.05, 3.63) is 39.9 Å². The van der Waals surface area contributed by atoms with Crippen LogP contribution in [0.4, 0.5) is 5.69 Å².